The van der Waals surface area contributed by atoms with Crippen molar-refractivity contribution < 1.29 is 25.8 Å². The van der Waals surface area contributed by atoms with Crippen LogP contribution in [0.1, 0.15) is 0 Å². The molecule has 0 bridgehead atoms. The van der Waals surface area contributed by atoms with Crippen molar-refractivity contribution in [2.45, 2.75) is 0 Å². The van der Waals surface area contributed by atoms with E-state index in [1.165, 1.54) is 0 Å². The van der Waals surface area contributed by atoms with Crippen LogP contribution in [0.2, 0.25) is 0 Å². The molecule has 1 aromatic carbocycles. The Morgan fingerprint density at radius 3 is 1.57 bits per heavy atom. The van der Waals surface area contributed by atoms with Gasteiger partial charge < -0.3 is 0 Å². The zero-order valence-corrected chi connectivity index (χ0v) is 7.48. The summed E-state index contributed by atoms with van der Waals surface area (Å²) in [5.74, 6) is 0. The number of rotatable bonds is 0. The molecule has 0 fully saturated rings. The monoisotopic (exact) mass is 257 g/mol. The molecule has 0 N–H and O–H groups in total. The molecule has 0 saturated carbocycles. The Bertz CT molecular complexity index is 76.1. The zero-order valence-electron chi connectivity index (χ0n) is 3.89. The number of benzene rings is 1. The molecule has 1 rings (SSSR count). The molecule has 1 heteroatoms. The largest absolute Gasteiger partial charge is 0.0622 e. The average molecular weight is 256 g/mol. The first-order valence-electron chi connectivity index (χ1n) is 1.91. The van der Waals surface area contributed by atoms with Crippen molar-refractivity contribution in [2.24, 2.45) is 0 Å². The topological polar surface area (TPSA) is 0 Å². The second-order valence-electron chi connectivity index (χ2n) is 1.08. The minimum atomic E-state index is 0. The van der Waals surface area contributed by atoms with Gasteiger partial charge in [-0.1, -0.05) is 30.3 Å². The normalized spacial score (nSPS) is 6.86. The molecule has 0 heterocycles. The summed E-state index contributed by atoms with van der Waals surface area (Å²) in [7, 11) is 0. The van der Waals surface area contributed by atoms with Crippen LogP contribution in [-0.2, 0) is 25.8 Å². The summed E-state index contributed by atoms with van der Waals surface area (Å²) in [6.45, 7) is 0. The Balaban J connectivity index is 0.000000360. The minimum absolute atomic E-state index is 0. The molecule has 0 saturated heterocycles. The van der Waals surface area contributed by atoms with Crippen LogP contribution >= 0.6 is 0 Å². The van der Waals surface area contributed by atoms with Crippen LogP contribution in [0.25, 0.3) is 0 Å². The van der Waals surface area contributed by atoms with Gasteiger partial charge in [0.2, 0.25) is 0 Å². The van der Waals surface area contributed by atoms with Crippen LogP contribution in [0.4, 0.5) is 0 Å². The van der Waals surface area contributed by atoms with Crippen LogP contribution < -0.4 is 0 Å². The fraction of sp³-hybridized carbons (Fsp3) is 0. The Labute approximate surface area is 62.3 Å². The summed E-state index contributed by atoms with van der Waals surface area (Å²) in [5, 5.41) is 0. The quantitative estimate of drug-likeness (QED) is 0.616. The maximum atomic E-state index is 2.89. The third-order valence-corrected chi connectivity index (χ3v) is 0.607. The first-order chi connectivity index (χ1) is 3.00. The fourth-order valence-electron chi connectivity index (χ4n) is 0.342. The molecule has 0 amide bonds. The second-order valence-corrected chi connectivity index (χ2v) is 1.08. The zero-order chi connectivity index (χ0) is 4.24. The molecular weight excluding hydrogens is 251 g/mol. The second kappa shape index (κ2) is 4.25. The van der Waals surface area contributed by atoms with Crippen LogP contribution in [-0.4, -0.2) is 0 Å². The third-order valence-electron chi connectivity index (χ3n) is 0.607. The first-order valence-corrected chi connectivity index (χ1v) is 1.91. The summed E-state index contributed by atoms with van der Waals surface area (Å²) < 4.78 is 0. The van der Waals surface area contributed by atoms with Crippen molar-refractivity contribution in [2.75, 3.05) is 0 Å². The van der Waals surface area contributed by atoms with Gasteiger partial charge in [0.15, 0.2) is 0 Å². The molecule has 33 valence electrons. The molecule has 1 radical (unpaired) electrons. The predicted octanol–water partition coefficient (Wildman–Crippen LogP) is 1.48. The summed E-state index contributed by atoms with van der Waals surface area (Å²) in [6, 6.07) is 12.5. The van der Waals surface area contributed by atoms with E-state index in [1.807, 2.05) is 30.3 Å². The van der Waals surface area contributed by atoms with Crippen molar-refractivity contribution in [1.29, 1.82) is 0 Å². The SMILES string of the molecule is [Hf].[c]1ccccc1. The van der Waals surface area contributed by atoms with Gasteiger partial charge in [0.1, 0.15) is 0 Å². The maximum Gasteiger partial charge on any atom is 0 e. The van der Waals surface area contributed by atoms with Gasteiger partial charge in [-0.25, -0.2) is 0 Å². The van der Waals surface area contributed by atoms with E-state index in [-0.39, 0.29) is 25.8 Å². The Morgan fingerprint density at radius 1 is 0.857 bits per heavy atom. The molecule has 0 aliphatic heterocycles. The van der Waals surface area contributed by atoms with E-state index >= 15 is 0 Å². The van der Waals surface area contributed by atoms with Gasteiger partial charge in [0, 0.05) is 25.8 Å². The van der Waals surface area contributed by atoms with Crippen molar-refractivity contribution in [3.8, 4) is 0 Å². The van der Waals surface area contributed by atoms with Gasteiger partial charge in [-0.05, 0) is 6.07 Å². The molecule has 7 heavy (non-hydrogen) atoms. The van der Waals surface area contributed by atoms with Gasteiger partial charge in [-0.2, -0.15) is 0 Å². The molecule has 0 spiro atoms. The van der Waals surface area contributed by atoms with E-state index in [4.69, 9.17) is 0 Å². The van der Waals surface area contributed by atoms with Gasteiger partial charge >= 0.3 is 0 Å². The third kappa shape index (κ3) is 2.75. The Kier molecular flexibility index (Phi) is 4.31. The standard InChI is InChI=1S/C6H5.Hf/c1-2-4-6-5-3-1;/h1-5H;. The summed E-state index contributed by atoms with van der Waals surface area (Å²) in [5.41, 5.74) is 0. The van der Waals surface area contributed by atoms with Gasteiger partial charge in [-0.3, -0.25) is 0 Å². The van der Waals surface area contributed by atoms with E-state index in [0.717, 1.165) is 0 Å². The Hall–Kier alpha value is 0.0901. The van der Waals surface area contributed by atoms with Gasteiger partial charge in [0.05, 0.1) is 0 Å². The van der Waals surface area contributed by atoms with E-state index in [0.29, 0.717) is 0 Å². The van der Waals surface area contributed by atoms with Gasteiger partial charge in [-0.15, -0.1) is 0 Å². The van der Waals surface area contributed by atoms with Crippen molar-refractivity contribution in [3.05, 3.63) is 36.4 Å². The molecule has 0 aromatic heterocycles. The fourth-order valence-corrected chi connectivity index (χ4v) is 0.342. The van der Waals surface area contributed by atoms with Crippen molar-refractivity contribution in [1.82, 2.24) is 0 Å². The van der Waals surface area contributed by atoms with E-state index < -0.39 is 0 Å². The number of hydrogen-bond acceptors (Lipinski definition) is 0. The molecule has 0 nitrogen and oxygen atoms in total. The van der Waals surface area contributed by atoms with Gasteiger partial charge in [0.25, 0.3) is 0 Å². The summed E-state index contributed by atoms with van der Waals surface area (Å²) >= 11 is 0. The Morgan fingerprint density at radius 2 is 1.43 bits per heavy atom. The molecule has 1 aromatic rings. The maximum absolute atomic E-state index is 2.89. The van der Waals surface area contributed by atoms with Crippen LogP contribution in [0, 0.1) is 6.07 Å². The van der Waals surface area contributed by atoms with Crippen LogP contribution in [0.5, 0.6) is 0 Å². The van der Waals surface area contributed by atoms with E-state index in [9.17, 15) is 0 Å². The molecular formula is C6H5Hf. The molecule has 0 aliphatic carbocycles. The van der Waals surface area contributed by atoms with E-state index in [1.54, 1.807) is 0 Å². The minimum Gasteiger partial charge on any atom is -0.0622 e. The summed E-state index contributed by atoms with van der Waals surface area (Å²) in [4.78, 5) is 0. The predicted molar refractivity (Wildman–Crippen MR) is 25.3 cm³/mol. The van der Waals surface area contributed by atoms with Crippen LogP contribution in [0.3, 0.4) is 0 Å². The number of hydrogen-bond donors (Lipinski definition) is 0. The molecule has 0 atom stereocenters. The molecule has 0 unspecified atom stereocenters. The van der Waals surface area contributed by atoms with E-state index in [2.05, 4.69) is 6.07 Å². The smallest absolute Gasteiger partial charge is 0 e. The van der Waals surface area contributed by atoms with Crippen molar-refractivity contribution in [3.63, 3.8) is 0 Å². The first kappa shape index (κ1) is 7.09. The van der Waals surface area contributed by atoms with Crippen LogP contribution in [0.15, 0.2) is 30.3 Å². The molecule has 0 aliphatic rings. The average Bonchev–Trinajstić information content (AvgIpc) is 1.72. The van der Waals surface area contributed by atoms with Crippen molar-refractivity contribution >= 4 is 0 Å². The summed E-state index contributed by atoms with van der Waals surface area (Å²) in [6.07, 6.45) is 0.